The van der Waals surface area contributed by atoms with Crippen LogP contribution in [-0.4, -0.2) is 34.3 Å². The van der Waals surface area contributed by atoms with Crippen LogP contribution in [0.5, 0.6) is 0 Å². The van der Waals surface area contributed by atoms with E-state index in [0.29, 0.717) is 19.1 Å². The molecule has 2 heterocycles. The Kier molecular flexibility index (Phi) is 2.97. The van der Waals surface area contributed by atoms with E-state index in [0.717, 1.165) is 24.1 Å². The first-order valence-corrected chi connectivity index (χ1v) is 6.65. The summed E-state index contributed by atoms with van der Waals surface area (Å²) in [6.45, 7) is 2.51. The molecule has 1 aliphatic heterocycles. The van der Waals surface area contributed by atoms with Gasteiger partial charge in [0.1, 0.15) is 0 Å². The maximum Gasteiger partial charge on any atom is 0.231 e. The van der Waals surface area contributed by atoms with Crippen molar-refractivity contribution in [3.05, 3.63) is 29.6 Å². The summed E-state index contributed by atoms with van der Waals surface area (Å²) in [5.74, 6) is -0.346. The zero-order chi connectivity index (χ0) is 13.4. The third kappa shape index (κ3) is 2.45. The van der Waals surface area contributed by atoms with Crippen LogP contribution in [-0.2, 0) is 16.1 Å². The lowest BCUT2D eigenvalue weighted by atomic mass is 9.94. The summed E-state index contributed by atoms with van der Waals surface area (Å²) < 4.78 is 0. The lowest BCUT2D eigenvalue weighted by molar-refractivity contribution is -0.131. The van der Waals surface area contributed by atoms with Gasteiger partial charge in [-0.05, 0) is 24.5 Å². The van der Waals surface area contributed by atoms with Gasteiger partial charge >= 0.3 is 0 Å². The van der Waals surface area contributed by atoms with Crippen molar-refractivity contribution in [2.75, 3.05) is 6.54 Å². The first kappa shape index (κ1) is 12.1. The molecule has 0 aromatic carbocycles. The Morgan fingerprint density at radius 2 is 2.21 bits per heavy atom. The van der Waals surface area contributed by atoms with Gasteiger partial charge in [0.2, 0.25) is 11.8 Å². The highest BCUT2D eigenvalue weighted by Gasteiger charge is 2.35. The fraction of sp³-hybridized carbons (Fsp3) is 0.500. The van der Waals surface area contributed by atoms with Crippen LogP contribution in [0.1, 0.15) is 36.9 Å². The lowest BCUT2D eigenvalue weighted by Gasteiger charge is -2.32. The number of rotatable bonds is 2. The molecule has 19 heavy (non-hydrogen) atoms. The first-order chi connectivity index (χ1) is 9.15. The van der Waals surface area contributed by atoms with Gasteiger partial charge in [0.05, 0.1) is 11.6 Å². The maximum atomic E-state index is 12.3. The summed E-state index contributed by atoms with van der Waals surface area (Å²) in [4.78, 5) is 29.9. The Labute approximate surface area is 112 Å². The molecule has 0 saturated heterocycles. The monoisotopic (exact) mass is 259 g/mol. The summed E-state index contributed by atoms with van der Waals surface area (Å²) >= 11 is 0. The Morgan fingerprint density at radius 1 is 1.42 bits per heavy atom. The highest BCUT2D eigenvalue weighted by molar-refractivity contribution is 5.86. The second-order valence-electron chi connectivity index (χ2n) is 5.28. The van der Waals surface area contributed by atoms with Crippen molar-refractivity contribution < 1.29 is 9.59 Å². The molecule has 2 aliphatic rings. The minimum absolute atomic E-state index is 0.00118. The number of pyridine rings is 1. The fourth-order valence-electron chi connectivity index (χ4n) is 2.45. The lowest BCUT2D eigenvalue weighted by Crippen LogP contribution is -2.43. The smallest absolute Gasteiger partial charge is 0.231 e. The summed E-state index contributed by atoms with van der Waals surface area (Å²) in [7, 11) is 0. The highest BCUT2D eigenvalue weighted by atomic mass is 16.2. The van der Waals surface area contributed by atoms with Gasteiger partial charge in [0.25, 0.3) is 0 Å². The molecule has 1 saturated carbocycles. The van der Waals surface area contributed by atoms with E-state index in [9.17, 15) is 9.59 Å². The number of hydrogen-bond acceptors (Lipinski definition) is 3. The summed E-state index contributed by atoms with van der Waals surface area (Å²) in [6, 6.07) is 4.11. The van der Waals surface area contributed by atoms with Gasteiger partial charge in [-0.15, -0.1) is 0 Å². The molecule has 100 valence electrons. The van der Waals surface area contributed by atoms with Crippen LogP contribution in [0.3, 0.4) is 0 Å². The summed E-state index contributed by atoms with van der Waals surface area (Å²) in [5, 5.41) is 3.01. The van der Waals surface area contributed by atoms with Gasteiger partial charge in [-0.1, -0.05) is 6.07 Å². The van der Waals surface area contributed by atoms with Crippen molar-refractivity contribution in [3.63, 3.8) is 0 Å². The third-order valence-corrected chi connectivity index (χ3v) is 3.71. The van der Waals surface area contributed by atoms with Crippen molar-refractivity contribution in [2.24, 2.45) is 0 Å². The van der Waals surface area contributed by atoms with Crippen molar-refractivity contribution in [1.82, 2.24) is 15.2 Å². The largest absolute Gasteiger partial charge is 0.353 e. The molecule has 0 bridgehead atoms. The van der Waals surface area contributed by atoms with E-state index in [4.69, 9.17) is 0 Å². The average molecular weight is 259 g/mol. The Hall–Kier alpha value is -1.91. The molecule has 1 unspecified atom stereocenters. The van der Waals surface area contributed by atoms with Gasteiger partial charge in [0, 0.05) is 32.3 Å². The van der Waals surface area contributed by atoms with E-state index < -0.39 is 0 Å². The Bertz CT molecular complexity index is 525. The normalized spacial score (nSPS) is 21.7. The van der Waals surface area contributed by atoms with Gasteiger partial charge < -0.3 is 10.2 Å². The van der Waals surface area contributed by atoms with E-state index >= 15 is 0 Å². The minimum atomic E-state index is -0.338. The van der Waals surface area contributed by atoms with Crippen LogP contribution >= 0.6 is 0 Å². The van der Waals surface area contributed by atoms with Gasteiger partial charge in [-0.25, -0.2) is 0 Å². The second kappa shape index (κ2) is 4.64. The first-order valence-electron chi connectivity index (χ1n) is 6.65. The molecule has 0 spiro atoms. The van der Waals surface area contributed by atoms with Gasteiger partial charge in [0.15, 0.2) is 0 Å². The molecule has 5 heteroatoms. The molecule has 1 fully saturated rings. The number of carbonyl (C=O) groups is 2. The number of hydrogen-bond donors (Lipinski definition) is 1. The van der Waals surface area contributed by atoms with Crippen molar-refractivity contribution in [2.45, 2.75) is 38.3 Å². The minimum Gasteiger partial charge on any atom is -0.353 e. The van der Waals surface area contributed by atoms with E-state index in [1.807, 2.05) is 12.1 Å². The standard InChI is InChI=1S/C14H17N3O2/c1-9(18)17-7-10-3-2-6-15-13(10)12(8-17)14(19)16-11-4-5-11/h2-3,6,11-12H,4-5,7-8H2,1H3,(H,16,19). The van der Waals surface area contributed by atoms with Crippen LogP contribution in [0.4, 0.5) is 0 Å². The molecule has 1 aliphatic carbocycles. The molecule has 5 nitrogen and oxygen atoms in total. The maximum absolute atomic E-state index is 12.3. The van der Waals surface area contributed by atoms with E-state index in [1.54, 1.807) is 11.1 Å². The molecular formula is C14H17N3O2. The molecule has 1 N–H and O–H groups in total. The predicted molar refractivity (Wildman–Crippen MR) is 69.2 cm³/mol. The van der Waals surface area contributed by atoms with E-state index in [1.165, 1.54) is 6.92 Å². The molecular weight excluding hydrogens is 242 g/mol. The molecule has 1 aromatic heterocycles. The SMILES string of the molecule is CC(=O)N1Cc2cccnc2C(C(=O)NC2CC2)C1. The Morgan fingerprint density at radius 3 is 2.89 bits per heavy atom. The molecule has 1 atom stereocenters. The second-order valence-corrected chi connectivity index (χ2v) is 5.28. The summed E-state index contributed by atoms with van der Waals surface area (Å²) in [5.41, 5.74) is 1.79. The third-order valence-electron chi connectivity index (χ3n) is 3.71. The van der Waals surface area contributed by atoms with Crippen molar-refractivity contribution in [3.8, 4) is 0 Å². The summed E-state index contributed by atoms with van der Waals surface area (Å²) in [6.07, 6.45) is 3.83. The van der Waals surface area contributed by atoms with Crippen molar-refractivity contribution in [1.29, 1.82) is 0 Å². The zero-order valence-electron chi connectivity index (χ0n) is 10.9. The topological polar surface area (TPSA) is 62.3 Å². The number of aromatic nitrogens is 1. The quantitative estimate of drug-likeness (QED) is 0.854. The number of nitrogens with zero attached hydrogens (tertiary/aromatic N) is 2. The number of nitrogens with one attached hydrogen (secondary N) is 1. The van der Waals surface area contributed by atoms with Crippen LogP contribution in [0.15, 0.2) is 18.3 Å². The number of carbonyl (C=O) groups excluding carboxylic acids is 2. The van der Waals surface area contributed by atoms with Gasteiger partial charge in [-0.3, -0.25) is 14.6 Å². The highest BCUT2D eigenvalue weighted by Crippen LogP contribution is 2.28. The van der Waals surface area contributed by atoms with Crippen LogP contribution in [0.2, 0.25) is 0 Å². The molecule has 3 rings (SSSR count). The van der Waals surface area contributed by atoms with E-state index in [2.05, 4.69) is 10.3 Å². The predicted octanol–water partition coefficient (Wildman–Crippen LogP) is 0.806. The van der Waals surface area contributed by atoms with Crippen LogP contribution in [0.25, 0.3) is 0 Å². The Balaban J connectivity index is 1.88. The molecule has 1 aromatic rings. The molecule has 0 radical (unpaired) electrons. The number of fused-ring (bicyclic) bond motifs is 1. The molecule has 2 amide bonds. The fourth-order valence-corrected chi connectivity index (χ4v) is 2.45. The zero-order valence-corrected chi connectivity index (χ0v) is 10.9. The van der Waals surface area contributed by atoms with Crippen LogP contribution < -0.4 is 5.32 Å². The average Bonchev–Trinajstić information content (AvgIpc) is 3.21. The van der Waals surface area contributed by atoms with Gasteiger partial charge in [-0.2, -0.15) is 0 Å². The van der Waals surface area contributed by atoms with Crippen LogP contribution in [0, 0.1) is 0 Å². The van der Waals surface area contributed by atoms with E-state index in [-0.39, 0.29) is 17.7 Å². The number of amides is 2. The van der Waals surface area contributed by atoms with Crippen molar-refractivity contribution >= 4 is 11.8 Å².